The Morgan fingerprint density at radius 2 is 1.57 bits per heavy atom. The van der Waals surface area contributed by atoms with Crippen LogP contribution in [-0.4, -0.2) is 41.8 Å². The molecule has 1 heterocycles. The first-order valence-electron chi connectivity index (χ1n) is 10.2. The Hall–Kier alpha value is -3.19. The Labute approximate surface area is 176 Å². The third kappa shape index (κ3) is 5.67. The van der Waals surface area contributed by atoms with Crippen LogP contribution in [0.2, 0.25) is 0 Å². The van der Waals surface area contributed by atoms with Crippen LogP contribution in [0.25, 0.3) is 0 Å². The summed E-state index contributed by atoms with van der Waals surface area (Å²) in [5.41, 5.74) is 3.83. The molecular formula is C23H28N4O3. The van der Waals surface area contributed by atoms with Gasteiger partial charge in [-0.25, -0.2) is 0 Å². The zero-order valence-corrected chi connectivity index (χ0v) is 17.4. The molecule has 3 rings (SSSR count). The lowest BCUT2D eigenvalue weighted by atomic mass is 9.98. The maximum absolute atomic E-state index is 12.3. The molecular weight excluding hydrogens is 380 g/mol. The minimum absolute atomic E-state index is 0.172. The Morgan fingerprint density at radius 3 is 2.20 bits per heavy atom. The van der Waals surface area contributed by atoms with Crippen LogP contribution >= 0.6 is 0 Å². The third-order valence-electron chi connectivity index (χ3n) is 5.32. The van der Waals surface area contributed by atoms with E-state index < -0.39 is 11.8 Å². The lowest BCUT2D eigenvalue weighted by molar-refractivity contribution is -0.136. The number of fused-ring (bicyclic) bond motifs is 1. The number of carbonyl (C=O) groups is 3. The van der Waals surface area contributed by atoms with Gasteiger partial charge in [0.15, 0.2) is 0 Å². The molecule has 1 aliphatic rings. The second-order valence-corrected chi connectivity index (χ2v) is 7.47. The van der Waals surface area contributed by atoms with Gasteiger partial charge >= 0.3 is 11.8 Å². The number of carbonyl (C=O) groups excluding carboxylic acids is 3. The molecule has 2 aromatic rings. The highest BCUT2D eigenvalue weighted by molar-refractivity contribution is 6.39. The van der Waals surface area contributed by atoms with Gasteiger partial charge in [0.25, 0.3) is 0 Å². The Kier molecular flexibility index (Phi) is 7.19. The molecule has 0 fully saturated rings. The van der Waals surface area contributed by atoms with Crippen LogP contribution in [-0.2, 0) is 27.3 Å². The molecule has 7 heteroatoms. The van der Waals surface area contributed by atoms with Crippen molar-refractivity contribution < 1.29 is 14.4 Å². The topological polar surface area (TPSA) is 90.5 Å². The number of rotatable bonds is 6. The number of anilines is 2. The molecule has 1 aliphatic heterocycles. The first-order valence-corrected chi connectivity index (χ1v) is 10.2. The number of hydrogen-bond donors (Lipinski definition) is 3. The van der Waals surface area contributed by atoms with Crippen LogP contribution in [0.4, 0.5) is 11.4 Å². The lowest BCUT2D eigenvalue weighted by Gasteiger charge is -2.35. The van der Waals surface area contributed by atoms with E-state index in [9.17, 15) is 14.4 Å². The zero-order chi connectivity index (χ0) is 21.5. The quantitative estimate of drug-likeness (QED) is 0.641. The molecule has 0 bridgehead atoms. The van der Waals surface area contributed by atoms with Crippen LogP contribution in [0.15, 0.2) is 48.5 Å². The summed E-state index contributed by atoms with van der Waals surface area (Å²) in [6.45, 7) is 5.74. The fraction of sp³-hybridized carbons (Fsp3) is 0.348. The summed E-state index contributed by atoms with van der Waals surface area (Å²) in [4.78, 5) is 37.9. The van der Waals surface area contributed by atoms with Gasteiger partial charge < -0.3 is 16.0 Å². The van der Waals surface area contributed by atoms with E-state index in [0.29, 0.717) is 17.9 Å². The molecule has 0 aliphatic carbocycles. The van der Waals surface area contributed by atoms with E-state index in [1.165, 1.54) is 18.1 Å². The highest BCUT2D eigenvalue weighted by atomic mass is 16.2. The molecule has 0 aromatic heterocycles. The Bertz CT molecular complexity index is 911. The lowest BCUT2D eigenvalue weighted by Crippen LogP contribution is -2.47. The maximum Gasteiger partial charge on any atom is 0.313 e. The molecule has 3 N–H and O–H groups in total. The van der Waals surface area contributed by atoms with Gasteiger partial charge in [-0.3, -0.25) is 19.3 Å². The molecule has 0 radical (unpaired) electrons. The molecule has 0 spiro atoms. The molecule has 1 atom stereocenters. The summed E-state index contributed by atoms with van der Waals surface area (Å²) in [5.74, 6) is -1.54. The summed E-state index contributed by atoms with van der Waals surface area (Å²) in [6.07, 6.45) is 1.88. The smallest absolute Gasteiger partial charge is 0.313 e. The fourth-order valence-corrected chi connectivity index (χ4v) is 3.68. The predicted molar refractivity (Wildman–Crippen MR) is 117 cm³/mol. The maximum atomic E-state index is 12.3. The van der Waals surface area contributed by atoms with Gasteiger partial charge in [0.05, 0.1) is 0 Å². The molecule has 1 unspecified atom stereocenters. The number of nitrogens with zero attached hydrogens (tertiary/aromatic N) is 1. The van der Waals surface area contributed by atoms with Crippen molar-refractivity contribution in [3.63, 3.8) is 0 Å². The zero-order valence-electron chi connectivity index (χ0n) is 17.4. The fourth-order valence-electron chi connectivity index (χ4n) is 3.68. The molecule has 30 heavy (non-hydrogen) atoms. The van der Waals surface area contributed by atoms with E-state index in [0.717, 1.165) is 25.9 Å². The van der Waals surface area contributed by atoms with Crippen molar-refractivity contribution in [1.29, 1.82) is 0 Å². The van der Waals surface area contributed by atoms with Gasteiger partial charge in [0.1, 0.15) is 0 Å². The van der Waals surface area contributed by atoms with Crippen molar-refractivity contribution in [3.05, 3.63) is 59.7 Å². The van der Waals surface area contributed by atoms with E-state index in [1.54, 1.807) is 24.3 Å². The Balaban J connectivity index is 1.50. The van der Waals surface area contributed by atoms with Crippen LogP contribution in [0.5, 0.6) is 0 Å². The van der Waals surface area contributed by atoms with E-state index in [-0.39, 0.29) is 11.9 Å². The van der Waals surface area contributed by atoms with Gasteiger partial charge in [0.2, 0.25) is 5.91 Å². The van der Waals surface area contributed by atoms with Crippen LogP contribution in [0.1, 0.15) is 31.4 Å². The minimum atomic E-state index is -0.707. The van der Waals surface area contributed by atoms with Gasteiger partial charge in [-0.15, -0.1) is 0 Å². The average Bonchev–Trinajstić information content (AvgIpc) is 2.75. The largest absolute Gasteiger partial charge is 0.346 e. The first-order chi connectivity index (χ1) is 14.5. The summed E-state index contributed by atoms with van der Waals surface area (Å²) >= 11 is 0. The highest BCUT2D eigenvalue weighted by Crippen LogP contribution is 2.21. The molecule has 0 saturated carbocycles. The van der Waals surface area contributed by atoms with Gasteiger partial charge in [0, 0.05) is 44.0 Å². The number of hydrogen-bond acceptors (Lipinski definition) is 4. The van der Waals surface area contributed by atoms with E-state index in [2.05, 4.69) is 52.0 Å². The van der Waals surface area contributed by atoms with Gasteiger partial charge in [-0.05, 0) is 48.2 Å². The van der Waals surface area contributed by atoms with E-state index >= 15 is 0 Å². The summed E-state index contributed by atoms with van der Waals surface area (Å²) in [5, 5.41) is 7.99. The molecule has 0 saturated heterocycles. The summed E-state index contributed by atoms with van der Waals surface area (Å²) < 4.78 is 0. The number of nitrogens with one attached hydrogen (secondary N) is 3. The van der Waals surface area contributed by atoms with Crippen molar-refractivity contribution >= 4 is 29.1 Å². The van der Waals surface area contributed by atoms with Crippen LogP contribution in [0, 0.1) is 0 Å². The van der Waals surface area contributed by atoms with E-state index in [4.69, 9.17) is 0 Å². The third-order valence-corrected chi connectivity index (χ3v) is 5.32. The molecule has 7 nitrogen and oxygen atoms in total. The second-order valence-electron chi connectivity index (χ2n) is 7.47. The first kappa shape index (κ1) is 21.5. The predicted octanol–water partition coefficient (Wildman–Crippen LogP) is 2.54. The van der Waals surface area contributed by atoms with Gasteiger partial charge in [-0.2, -0.15) is 0 Å². The second kappa shape index (κ2) is 10.0. The van der Waals surface area contributed by atoms with Crippen molar-refractivity contribution in [1.82, 2.24) is 10.2 Å². The summed E-state index contributed by atoms with van der Waals surface area (Å²) in [7, 11) is 0. The average molecular weight is 409 g/mol. The monoisotopic (exact) mass is 408 g/mol. The van der Waals surface area contributed by atoms with Crippen LogP contribution in [0.3, 0.4) is 0 Å². The molecule has 158 valence electrons. The molecule has 3 amide bonds. The van der Waals surface area contributed by atoms with E-state index in [1.807, 2.05) is 0 Å². The number of amides is 3. The number of benzene rings is 2. The van der Waals surface area contributed by atoms with Crippen LogP contribution < -0.4 is 16.0 Å². The highest BCUT2D eigenvalue weighted by Gasteiger charge is 2.23. The van der Waals surface area contributed by atoms with Crippen molar-refractivity contribution in [2.45, 2.75) is 39.3 Å². The summed E-state index contributed by atoms with van der Waals surface area (Å²) in [6, 6.07) is 15.2. The standard InChI is InChI=1S/C23H28N4O3/c1-3-21(27-13-12-17-6-4-5-7-18(17)15-27)14-24-22(29)23(30)26-20-10-8-19(9-11-20)25-16(2)28/h4-11,21H,3,12-15H2,1-2H3,(H,24,29)(H,25,28)(H,26,30). The Morgan fingerprint density at radius 1 is 0.933 bits per heavy atom. The van der Waals surface area contributed by atoms with Gasteiger partial charge in [-0.1, -0.05) is 31.2 Å². The van der Waals surface area contributed by atoms with Crippen molar-refractivity contribution in [2.75, 3.05) is 23.7 Å². The molecule has 2 aromatic carbocycles. The normalized spacial score (nSPS) is 14.3. The van der Waals surface area contributed by atoms with Crippen molar-refractivity contribution in [2.24, 2.45) is 0 Å². The van der Waals surface area contributed by atoms with Crippen molar-refractivity contribution in [3.8, 4) is 0 Å². The SMILES string of the molecule is CCC(CNC(=O)C(=O)Nc1ccc(NC(C)=O)cc1)N1CCc2ccccc2C1. The minimum Gasteiger partial charge on any atom is -0.346 e.